The molecule has 2 heterocycles. The van der Waals surface area contributed by atoms with Crippen LogP contribution in [0.25, 0.3) is 0 Å². The van der Waals surface area contributed by atoms with E-state index < -0.39 is 34.2 Å². The van der Waals surface area contributed by atoms with Crippen molar-refractivity contribution < 1.29 is 31.1 Å². The summed E-state index contributed by atoms with van der Waals surface area (Å²) in [5.74, 6) is -0.721. The van der Waals surface area contributed by atoms with Crippen LogP contribution in [0.2, 0.25) is 0 Å². The molecule has 0 spiro atoms. The van der Waals surface area contributed by atoms with Crippen molar-refractivity contribution in [2.45, 2.75) is 29.8 Å². The van der Waals surface area contributed by atoms with E-state index in [4.69, 9.17) is 0 Å². The molecule has 7 nitrogen and oxygen atoms in total. The van der Waals surface area contributed by atoms with E-state index in [1.54, 1.807) is 12.1 Å². The van der Waals surface area contributed by atoms with Crippen LogP contribution in [-0.2, 0) is 14.8 Å². The van der Waals surface area contributed by atoms with E-state index in [0.717, 1.165) is 30.0 Å². The fraction of sp³-hybridized carbons (Fsp3) is 0.278. The van der Waals surface area contributed by atoms with Gasteiger partial charge in [0.1, 0.15) is 11.8 Å². The first-order chi connectivity index (χ1) is 13.6. The van der Waals surface area contributed by atoms with Gasteiger partial charge in [-0.2, -0.15) is 0 Å². The number of nitrogens with zero attached hydrogens (tertiary/aromatic N) is 1. The van der Waals surface area contributed by atoms with Crippen LogP contribution in [0.3, 0.4) is 0 Å². The van der Waals surface area contributed by atoms with Gasteiger partial charge in [0.2, 0.25) is 15.9 Å². The lowest BCUT2D eigenvalue weighted by Gasteiger charge is -2.32. The standard InChI is InChI=1S/C18H16F3N3O4S/c19-18(20,21)28-12-5-7-13(8-6-12)29(26,27)23-11-9-16-17(25)22-14-3-1-2-4-15(14)24(16)10-11/h1-8,11,16,23H,9-10H2,(H,22,25). The van der Waals surface area contributed by atoms with Gasteiger partial charge in [0.15, 0.2) is 0 Å². The van der Waals surface area contributed by atoms with E-state index in [-0.39, 0.29) is 17.2 Å². The molecule has 2 unspecified atom stereocenters. The van der Waals surface area contributed by atoms with E-state index in [2.05, 4.69) is 14.8 Å². The van der Waals surface area contributed by atoms with Gasteiger partial charge in [-0.3, -0.25) is 4.79 Å². The summed E-state index contributed by atoms with van der Waals surface area (Å²) >= 11 is 0. The molecule has 0 aliphatic carbocycles. The summed E-state index contributed by atoms with van der Waals surface area (Å²) < 4.78 is 68.2. The number of nitrogens with one attached hydrogen (secondary N) is 2. The lowest BCUT2D eigenvalue weighted by atomic mass is 10.1. The van der Waals surface area contributed by atoms with E-state index in [0.29, 0.717) is 12.2 Å². The molecule has 2 aromatic carbocycles. The number of benzene rings is 2. The van der Waals surface area contributed by atoms with Crippen LogP contribution < -0.4 is 19.7 Å². The third-order valence-corrected chi connectivity index (χ3v) is 6.30. The molecular weight excluding hydrogens is 411 g/mol. The zero-order valence-electron chi connectivity index (χ0n) is 14.8. The molecule has 29 heavy (non-hydrogen) atoms. The van der Waals surface area contributed by atoms with Gasteiger partial charge < -0.3 is 15.0 Å². The maximum atomic E-state index is 12.6. The number of amides is 1. The Kier molecular flexibility index (Phi) is 4.66. The Hall–Kier alpha value is -2.79. The van der Waals surface area contributed by atoms with Gasteiger partial charge in [0.05, 0.1) is 16.3 Å². The topological polar surface area (TPSA) is 87.7 Å². The molecule has 11 heteroatoms. The molecule has 0 aromatic heterocycles. The number of hydrogen-bond acceptors (Lipinski definition) is 5. The third-order valence-electron chi connectivity index (χ3n) is 4.76. The van der Waals surface area contributed by atoms with E-state index in [1.165, 1.54) is 0 Å². The van der Waals surface area contributed by atoms with Gasteiger partial charge in [0.25, 0.3) is 0 Å². The summed E-state index contributed by atoms with van der Waals surface area (Å²) in [6.07, 6.45) is -4.58. The van der Waals surface area contributed by atoms with Crippen molar-refractivity contribution in [2.75, 3.05) is 16.8 Å². The fourth-order valence-electron chi connectivity index (χ4n) is 3.59. The van der Waals surface area contributed by atoms with Crippen molar-refractivity contribution in [2.24, 2.45) is 0 Å². The first-order valence-electron chi connectivity index (χ1n) is 8.67. The highest BCUT2D eigenvalue weighted by Crippen LogP contribution is 2.36. The van der Waals surface area contributed by atoms with E-state index >= 15 is 0 Å². The summed E-state index contributed by atoms with van der Waals surface area (Å²) in [6.45, 7) is 0.295. The van der Waals surface area contributed by atoms with Gasteiger partial charge in [-0.05, 0) is 42.8 Å². The molecule has 1 saturated heterocycles. The second-order valence-electron chi connectivity index (χ2n) is 6.75. The molecule has 154 valence electrons. The number of para-hydroxylation sites is 2. The van der Waals surface area contributed by atoms with Crippen LogP contribution in [0.1, 0.15) is 6.42 Å². The summed E-state index contributed by atoms with van der Waals surface area (Å²) in [7, 11) is -3.99. The molecule has 0 radical (unpaired) electrons. The highest BCUT2D eigenvalue weighted by Gasteiger charge is 2.42. The lowest BCUT2D eigenvalue weighted by Crippen LogP contribution is -2.44. The average Bonchev–Trinajstić information content (AvgIpc) is 3.05. The quantitative estimate of drug-likeness (QED) is 0.783. The van der Waals surface area contributed by atoms with Crippen molar-refractivity contribution in [3.05, 3.63) is 48.5 Å². The number of fused-ring (bicyclic) bond motifs is 3. The number of hydrogen-bond donors (Lipinski definition) is 2. The highest BCUT2D eigenvalue weighted by atomic mass is 32.2. The zero-order valence-corrected chi connectivity index (χ0v) is 15.6. The minimum absolute atomic E-state index is 0.193. The summed E-state index contributed by atoms with van der Waals surface area (Å²) in [5.41, 5.74) is 1.48. The van der Waals surface area contributed by atoms with E-state index in [9.17, 15) is 26.4 Å². The SMILES string of the molecule is O=C1Nc2ccccc2N2CC(NS(=O)(=O)c3ccc(OC(F)(F)F)cc3)CC12. The number of carbonyl (C=O) groups excluding carboxylic acids is 1. The van der Waals surface area contributed by atoms with Crippen molar-refractivity contribution >= 4 is 27.3 Å². The minimum Gasteiger partial charge on any atom is -0.406 e. The molecule has 2 N–H and O–H groups in total. The van der Waals surface area contributed by atoms with Gasteiger partial charge in [-0.1, -0.05) is 12.1 Å². The molecule has 2 atom stereocenters. The molecule has 1 fully saturated rings. The van der Waals surface area contributed by atoms with Crippen LogP contribution in [0.5, 0.6) is 5.75 Å². The van der Waals surface area contributed by atoms with Gasteiger partial charge in [-0.25, -0.2) is 13.1 Å². The highest BCUT2D eigenvalue weighted by molar-refractivity contribution is 7.89. The molecule has 1 amide bonds. The molecule has 2 aliphatic rings. The predicted molar refractivity (Wildman–Crippen MR) is 98.1 cm³/mol. The Morgan fingerprint density at radius 2 is 1.79 bits per heavy atom. The number of carbonyl (C=O) groups is 1. The van der Waals surface area contributed by atoms with E-state index in [1.807, 2.05) is 17.0 Å². The first kappa shape index (κ1) is 19.5. The van der Waals surface area contributed by atoms with Gasteiger partial charge >= 0.3 is 6.36 Å². The van der Waals surface area contributed by atoms with Crippen molar-refractivity contribution in [3.63, 3.8) is 0 Å². The molecule has 0 saturated carbocycles. The number of ether oxygens (including phenoxy) is 1. The maximum Gasteiger partial charge on any atom is 0.573 e. The first-order valence-corrected chi connectivity index (χ1v) is 10.2. The number of sulfonamides is 1. The van der Waals surface area contributed by atoms with Crippen LogP contribution >= 0.6 is 0 Å². The third kappa shape index (κ3) is 4.01. The second kappa shape index (κ2) is 6.92. The normalized spacial score (nSPS) is 21.3. The van der Waals surface area contributed by atoms with Crippen molar-refractivity contribution in [3.8, 4) is 5.75 Å². The van der Waals surface area contributed by atoms with Crippen LogP contribution in [0, 0.1) is 0 Å². The number of alkyl halides is 3. The zero-order chi connectivity index (χ0) is 20.8. The summed E-state index contributed by atoms with van der Waals surface area (Å²) in [5, 5.41) is 2.81. The fourth-order valence-corrected chi connectivity index (χ4v) is 4.83. The smallest absolute Gasteiger partial charge is 0.406 e. The Morgan fingerprint density at radius 1 is 1.10 bits per heavy atom. The summed E-state index contributed by atoms with van der Waals surface area (Å²) in [4.78, 5) is 14.0. The monoisotopic (exact) mass is 427 g/mol. The Labute approximate surface area is 164 Å². The largest absolute Gasteiger partial charge is 0.573 e. The van der Waals surface area contributed by atoms with Crippen LogP contribution in [-0.4, -0.2) is 39.3 Å². The maximum absolute atomic E-state index is 12.6. The molecule has 2 aromatic rings. The Morgan fingerprint density at radius 3 is 2.48 bits per heavy atom. The van der Waals surface area contributed by atoms with Crippen LogP contribution in [0.4, 0.5) is 24.5 Å². The Bertz CT molecular complexity index is 1040. The van der Waals surface area contributed by atoms with Crippen molar-refractivity contribution in [1.82, 2.24) is 4.72 Å². The molecule has 2 aliphatic heterocycles. The molecular formula is C18H16F3N3O4S. The van der Waals surface area contributed by atoms with Gasteiger partial charge in [-0.15, -0.1) is 13.2 Å². The summed E-state index contributed by atoms with van der Waals surface area (Å²) in [6, 6.07) is 10.1. The number of halogens is 3. The number of anilines is 2. The lowest BCUT2D eigenvalue weighted by molar-refractivity contribution is -0.274. The minimum atomic E-state index is -4.86. The second-order valence-corrected chi connectivity index (χ2v) is 8.46. The van der Waals surface area contributed by atoms with Crippen molar-refractivity contribution in [1.29, 1.82) is 0 Å². The predicted octanol–water partition coefficient (Wildman–Crippen LogP) is 2.46. The molecule has 0 bridgehead atoms. The number of rotatable bonds is 4. The molecule has 4 rings (SSSR count). The average molecular weight is 427 g/mol. The van der Waals surface area contributed by atoms with Gasteiger partial charge in [0, 0.05) is 12.6 Å². The Balaban J connectivity index is 1.49. The van der Waals surface area contributed by atoms with Crippen LogP contribution in [0.15, 0.2) is 53.4 Å².